The minimum absolute atomic E-state index is 0.0450. The monoisotopic (exact) mass is 429 g/mol. The van der Waals surface area contributed by atoms with Crippen molar-refractivity contribution in [2.24, 2.45) is 0 Å². The van der Waals surface area contributed by atoms with Crippen molar-refractivity contribution in [1.29, 1.82) is 5.26 Å². The minimum Gasteiger partial charge on any atom is -0.392 e. The maximum absolute atomic E-state index is 13.9. The average molecular weight is 430 g/mol. The maximum Gasteiger partial charge on any atom is 0.252 e. The average Bonchev–Trinajstić information content (AvgIpc) is 2.72. The van der Waals surface area contributed by atoms with E-state index >= 15 is 0 Å². The molecule has 0 saturated carbocycles. The van der Waals surface area contributed by atoms with Gasteiger partial charge in [-0.1, -0.05) is 47.5 Å². The number of nitrogens with zero attached hydrogens (tertiary/aromatic N) is 2. The SMILES string of the molecule is N#Cc1ccc(C(=O)N[C@@H](c2ccc(CO)cc2)c2ncc(Cl)cc2Cl)cc1F. The molecular formula is C21H14Cl2FN3O2. The normalized spacial score (nSPS) is 11.6. The standard InChI is InChI=1S/C21H14Cl2FN3O2/c22-16-8-17(23)20(26-10-16)19(13-3-1-12(11-28)2-4-13)27-21(29)14-5-6-15(9-25)18(24)7-14/h1-8,10,19,28H,11H2,(H,27,29)/t19-/m0/s1. The second-order valence-corrected chi connectivity index (χ2v) is 6.98. The maximum atomic E-state index is 13.9. The fourth-order valence-corrected chi connectivity index (χ4v) is 3.21. The Balaban J connectivity index is 1.99. The van der Waals surface area contributed by atoms with E-state index in [1.807, 2.05) is 0 Å². The number of halogens is 3. The van der Waals surface area contributed by atoms with Crippen molar-refractivity contribution in [3.8, 4) is 6.07 Å². The van der Waals surface area contributed by atoms with Gasteiger partial charge in [-0.2, -0.15) is 5.26 Å². The van der Waals surface area contributed by atoms with Gasteiger partial charge in [0.15, 0.2) is 0 Å². The van der Waals surface area contributed by atoms with Gasteiger partial charge in [0.1, 0.15) is 11.9 Å². The zero-order valence-electron chi connectivity index (χ0n) is 14.9. The summed E-state index contributed by atoms with van der Waals surface area (Å²) in [7, 11) is 0. The lowest BCUT2D eigenvalue weighted by Crippen LogP contribution is -2.30. The van der Waals surface area contributed by atoms with E-state index in [2.05, 4.69) is 10.3 Å². The summed E-state index contributed by atoms with van der Waals surface area (Å²) in [6.45, 7) is -0.123. The third-order valence-corrected chi connectivity index (χ3v) is 4.74. The highest BCUT2D eigenvalue weighted by molar-refractivity contribution is 6.34. The van der Waals surface area contributed by atoms with Crippen LogP contribution in [0.1, 0.15) is 38.8 Å². The Morgan fingerprint density at radius 1 is 1.21 bits per heavy atom. The smallest absolute Gasteiger partial charge is 0.252 e. The Bertz CT molecular complexity index is 1100. The van der Waals surface area contributed by atoms with Gasteiger partial charge in [-0.15, -0.1) is 0 Å². The second-order valence-electron chi connectivity index (χ2n) is 6.13. The van der Waals surface area contributed by atoms with E-state index in [0.29, 0.717) is 21.8 Å². The lowest BCUT2D eigenvalue weighted by Gasteiger charge is -2.20. The van der Waals surface area contributed by atoms with E-state index in [9.17, 15) is 14.3 Å². The summed E-state index contributed by atoms with van der Waals surface area (Å²) >= 11 is 12.2. The van der Waals surface area contributed by atoms with E-state index in [4.69, 9.17) is 28.5 Å². The third kappa shape index (κ3) is 4.72. The van der Waals surface area contributed by atoms with Gasteiger partial charge < -0.3 is 10.4 Å². The summed E-state index contributed by atoms with van der Waals surface area (Å²) in [6.07, 6.45) is 1.41. The number of hydrogen-bond acceptors (Lipinski definition) is 4. The van der Waals surface area contributed by atoms with Crippen LogP contribution in [-0.4, -0.2) is 16.0 Å². The first-order valence-electron chi connectivity index (χ1n) is 8.44. The molecule has 0 unspecified atom stereocenters. The Kier molecular flexibility index (Phi) is 6.45. The molecule has 1 atom stereocenters. The first-order valence-corrected chi connectivity index (χ1v) is 9.19. The second kappa shape index (κ2) is 9.01. The summed E-state index contributed by atoms with van der Waals surface area (Å²) < 4.78 is 13.9. The van der Waals surface area contributed by atoms with Gasteiger partial charge >= 0.3 is 0 Å². The summed E-state index contributed by atoms with van der Waals surface area (Å²) in [4.78, 5) is 17.0. The molecule has 3 aromatic rings. The number of hydrogen-bond donors (Lipinski definition) is 2. The van der Waals surface area contributed by atoms with Crippen LogP contribution in [0.3, 0.4) is 0 Å². The van der Waals surface area contributed by atoms with Crippen LogP contribution in [0.2, 0.25) is 10.0 Å². The van der Waals surface area contributed by atoms with Crippen molar-refractivity contribution in [2.75, 3.05) is 0 Å². The van der Waals surface area contributed by atoms with Crippen LogP contribution in [0.4, 0.5) is 4.39 Å². The largest absolute Gasteiger partial charge is 0.392 e. The lowest BCUT2D eigenvalue weighted by atomic mass is 10.0. The molecule has 0 saturated heterocycles. The molecule has 146 valence electrons. The van der Waals surface area contributed by atoms with E-state index in [1.54, 1.807) is 30.3 Å². The molecule has 1 amide bonds. The molecule has 29 heavy (non-hydrogen) atoms. The van der Waals surface area contributed by atoms with Crippen LogP contribution in [0.25, 0.3) is 0 Å². The summed E-state index contributed by atoms with van der Waals surface area (Å²) in [5, 5.41) is 21.5. The Hall–Kier alpha value is -2.98. The lowest BCUT2D eigenvalue weighted by molar-refractivity contribution is 0.0942. The number of pyridine rings is 1. The number of benzene rings is 2. The van der Waals surface area contributed by atoms with E-state index in [1.165, 1.54) is 24.4 Å². The number of aromatic nitrogens is 1. The quantitative estimate of drug-likeness (QED) is 0.628. The number of aliphatic hydroxyl groups excluding tert-OH is 1. The first kappa shape index (κ1) is 20.7. The molecule has 2 N–H and O–H groups in total. The van der Waals surface area contributed by atoms with Gasteiger partial charge in [0.05, 0.1) is 34.0 Å². The zero-order chi connectivity index (χ0) is 21.0. The zero-order valence-corrected chi connectivity index (χ0v) is 16.4. The molecule has 1 heterocycles. The molecule has 2 aromatic carbocycles. The Morgan fingerprint density at radius 3 is 2.52 bits per heavy atom. The van der Waals surface area contributed by atoms with Gasteiger partial charge in [0, 0.05) is 11.8 Å². The number of carbonyl (C=O) groups excluding carboxylic acids is 1. The fourth-order valence-electron chi connectivity index (χ4n) is 2.72. The molecular weight excluding hydrogens is 416 g/mol. The predicted octanol–water partition coefficient (Wildman–Crippen LogP) is 4.41. The molecule has 1 aromatic heterocycles. The van der Waals surface area contributed by atoms with Gasteiger partial charge in [-0.3, -0.25) is 9.78 Å². The topological polar surface area (TPSA) is 86.0 Å². The molecule has 3 rings (SSSR count). The van der Waals surface area contributed by atoms with E-state index in [0.717, 1.165) is 6.07 Å². The molecule has 0 aliphatic rings. The highest BCUT2D eigenvalue weighted by Crippen LogP contribution is 2.29. The summed E-state index contributed by atoms with van der Waals surface area (Å²) in [6, 6.07) is 12.9. The van der Waals surface area contributed by atoms with Crippen LogP contribution in [-0.2, 0) is 6.61 Å². The van der Waals surface area contributed by atoms with Gasteiger partial charge in [-0.05, 0) is 35.4 Å². The molecule has 5 nitrogen and oxygen atoms in total. The number of nitrogens with one attached hydrogen (secondary N) is 1. The van der Waals surface area contributed by atoms with Gasteiger partial charge in [0.25, 0.3) is 5.91 Å². The highest BCUT2D eigenvalue weighted by atomic mass is 35.5. The first-order chi connectivity index (χ1) is 13.9. The summed E-state index contributed by atoms with van der Waals surface area (Å²) in [5.74, 6) is -1.36. The number of amides is 1. The van der Waals surface area contributed by atoms with Crippen molar-refractivity contribution in [2.45, 2.75) is 12.6 Å². The molecule has 0 fully saturated rings. The number of aliphatic hydroxyl groups is 1. The molecule has 0 aliphatic heterocycles. The summed E-state index contributed by atoms with van der Waals surface area (Å²) in [5.41, 5.74) is 1.60. The number of carbonyl (C=O) groups is 1. The van der Waals surface area contributed by atoms with Crippen molar-refractivity contribution >= 4 is 29.1 Å². The van der Waals surface area contributed by atoms with Crippen LogP contribution in [0, 0.1) is 17.1 Å². The fraction of sp³-hybridized carbons (Fsp3) is 0.0952. The van der Waals surface area contributed by atoms with Gasteiger partial charge in [-0.25, -0.2) is 4.39 Å². The number of nitriles is 1. The third-order valence-electron chi connectivity index (χ3n) is 4.23. The predicted molar refractivity (Wildman–Crippen MR) is 107 cm³/mol. The van der Waals surface area contributed by atoms with Crippen molar-refractivity contribution < 1.29 is 14.3 Å². The van der Waals surface area contributed by atoms with Crippen LogP contribution in [0.15, 0.2) is 54.7 Å². The van der Waals surface area contributed by atoms with E-state index < -0.39 is 17.8 Å². The van der Waals surface area contributed by atoms with Crippen molar-refractivity contribution in [3.63, 3.8) is 0 Å². The van der Waals surface area contributed by atoms with E-state index in [-0.39, 0.29) is 22.8 Å². The van der Waals surface area contributed by atoms with Crippen LogP contribution in [0.5, 0.6) is 0 Å². The minimum atomic E-state index is -0.786. The van der Waals surface area contributed by atoms with Crippen molar-refractivity contribution in [1.82, 2.24) is 10.3 Å². The van der Waals surface area contributed by atoms with Crippen LogP contribution < -0.4 is 5.32 Å². The molecule has 0 radical (unpaired) electrons. The molecule has 0 spiro atoms. The van der Waals surface area contributed by atoms with Gasteiger partial charge in [0.2, 0.25) is 0 Å². The molecule has 8 heteroatoms. The Morgan fingerprint density at radius 2 is 1.93 bits per heavy atom. The van der Waals surface area contributed by atoms with Crippen molar-refractivity contribution in [3.05, 3.63) is 98.5 Å². The molecule has 0 bridgehead atoms. The Labute approximate surface area is 176 Å². The molecule has 0 aliphatic carbocycles. The number of rotatable bonds is 5. The van der Waals surface area contributed by atoms with Crippen LogP contribution >= 0.6 is 23.2 Å². The highest BCUT2D eigenvalue weighted by Gasteiger charge is 2.22.